The SMILES string of the molecule is CCNC(=O)N1C[C@H](P(C2CCCCC2)C2CCCCC2)C[C@@H]1CP(c1ccccc1)c1ccccc1. The Morgan fingerprint density at radius 3 is 1.78 bits per heavy atom. The molecule has 2 saturated carbocycles. The van der Waals surface area contributed by atoms with Crippen molar-refractivity contribution in [1.82, 2.24) is 10.2 Å². The minimum Gasteiger partial charge on any atom is -0.338 e. The van der Waals surface area contributed by atoms with Gasteiger partial charge in [-0.25, -0.2) is 4.79 Å². The summed E-state index contributed by atoms with van der Waals surface area (Å²) in [6.07, 6.45) is 16.7. The summed E-state index contributed by atoms with van der Waals surface area (Å²) in [5.41, 5.74) is 2.60. The molecule has 3 aliphatic rings. The zero-order valence-electron chi connectivity index (χ0n) is 22.7. The molecule has 2 aromatic rings. The van der Waals surface area contributed by atoms with Crippen molar-refractivity contribution in [3.63, 3.8) is 0 Å². The van der Waals surface area contributed by atoms with Crippen molar-refractivity contribution in [2.45, 2.75) is 101 Å². The van der Waals surface area contributed by atoms with Crippen molar-refractivity contribution in [3.8, 4) is 0 Å². The van der Waals surface area contributed by atoms with E-state index in [2.05, 4.69) is 77.8 Å². The highest BCUT2D eigenvalue weighted by Crippen LogP contribution is 2.61. The van der Waals surface area contributed by atoms with Crippen LogP contribution in [0.25, 0.3) is 0 Å². The molecule has 1 aliphatic heterocycles. The highest BCUT2D eigenvalue weighted by molar-refractivity contribution is 7.73. The van der Waals surface area contributed by atoms with Gasteiger partial charge in [0, 0.05) is 19.1 Å². The predicted octanol–water partition coefficient (Wildman–Crippen LogP) is 7.44. The van der Waals surface area contributed by atoms with Crippen molar-refractivity contribution in [1.29, 1.82) is 0 Å². The largest absolute Gasteiger partial charge is 0.338 e. The number of carbonyl (C=O) groups excluding carboxylic acids is 1. The summed E-state index contributed by atoms with van der Waals surface area (Å²) in [4.78, 5) is 15.7. The van der Waals surface area contributed by atoms with Gasteiger partial charge >= 0.3 is 6.03 Å². The molecule has 3 nitrogen and oxygen atoms in total. The highest BCUT2D eigenvalue weighted by atomic mass is 31.1. The molecule has 0 radical (unpaired) electrons. The van der Waals surface area contributed by atoms with E-state index in [0.29, 0.717) is 12.6 Å². The molecule has 5 rings (SSSR count). The van der Waals surface area contributed by atoms with Crippen molar-refractivity contribution in [2.24, 2.45) is 0 Å². The minimum atomic E-state index is -0.504. The van der Waals surface area contributed by atoms with Gasteiger partial charge < -0.3 is 10.2 Å². The van der Waals surface area contributed by atoms with Crippen LogP contribution >= 0.6 is 15.8 Å². The molecular formula is C32H46N2OP2. The fourth-order valence-corrected chi connectivity index (χ4v) is 14.3. The van der Waals surface area contributed by atoms with Gasteiger partial charge in [0.25, 0.3) is 0 Å². The van der Waals surface area contributed by atoms with Crippen LogP contribution in [0.3, 0.4) is 0 Å². The zero-order chi connectivity index (χ0) is 25.5. The molecule has 0 unspecified atom stereocenters. The van der Waals surface area contributed by atoms with Gasteiger partial charge in [0.1, 0.15) is 0 Å². The van der Waals surface area contributed by atoms with E-state index in [-0.39, 0.29) is 14.0 Å². The number of amides is 2. The fourth-order valence-electron chi connectivity index (χ4n) is 7.22. The van der Waals surface area contributed by atoms with Crippen LogP contribution in [0, 0.1) is 0 Å². The highest BCUT2D eigenvalue weighted by Gasteiger charge is 2.44. The number of likely N-dealkylation sites (tertiary alicyclic amines) is 1. The number of nitrogens with zero attached hydrogens (tertiary/aromatic N) is 1. The molecule has 2 aliphatic carbocycles. The van der Waals surface area contributed by atoms with Crippen LogP contribution in [0.2, 0.25) is 0 Å². The van der Waals surface area contributed by atoms with Gasteiger partial charge in [-0.05, 0) is 80.7 Å². The molecule has 0 aromatic heterocycles. The Labute approximate surface area is 227 Å². The second kappa shape index (κ2) is 13.6. The van der Waals surface area contributed by atoms with Gasteiger partial charge in [-0.2, -0.15) is 0 Å². The number of hydrogen-bond donors (Lipinski definition) is 1. The maximum absolute atomic E-state index is 13.5. The first-order valence-electron chi connectivity index (χ1n) is 14.9. The molecule has 200 valence electrons. The molecular weight excluding hydrogens is 490 g/mol. The third-order valence-electron chi connectivity index (χ3n) is 8.92. The summed E-state index contributed by atoms with van der Waals surface area (Å²) in [7, 11) is -0.538. The van der Waals surface area contributed by atoms with Crippen molar-refractivity contribution in [2.75, 3.05) is 19.3 Å². The van der Waals surface area contributed by atoms with Gasteiger partial charge in [0.2, 0.25) is 0 Å². The molecule has 1 N–H and O–H groups in total. The Kier molecular flexibility index (Phi) is 9.96. The van der Waals surface area contributed by atoms with E-state index in [0.717, 1.165) is 29.7 Å². The van der Waals surface area contributed by atoms with Gasteiger partial charge in [-0.3, -0.25) is 0 Å². The van der Waals surface area contributed by atoms with Crippen molar-refractivity contribution >= 4 is 32.5 Å². The molecule has 0 spiro atoms. The van der Waals surface area contributed by atoms with Crippen LogP contribution < -0.4 is 15.9 Å². The Morgan fingerprint density at radius 2 is 1.30 bits per heavy atom. The van der Waals surface area contributed by atoms with Crippen LogP contribution in [0.15, 0.2) is 60.7 Å². The fraction of sp³-hybridized carbons (Fsp3) is 0.594. The van der Waals surface area contributed by atoms with E-state index in [9.17, 15) is 4.79 Å². The molecule has 2 amide bonds. The van der Waals surface area contributed by atoms with Crippen LogP contribution in [-0.4, -0.2) is 53.2 Å². The first-order chi connectivity index (χ1) is 18.2. The summed E-state index contributed by atoms with van der Waals surface area (Å²) < 4.78 is 0. The topological polar surface area (TPSA) is 32.3 Å². The summed E-state index contributed by atoms with van der Waals surface area (Å²) in [5, 5.41) is 6.06. The molecule has 2 aromatic carbocycles. The summed E-state index contributed by atoms with van der Waals surface area (Å²) >= 11 is 0. The number of benzene rings is 2. The molecule has 1 saturated heterocycles. The second-order valence-electron chi connectivity index (χ2n) is 11.3. The molecule has 2 atom stereocenters. The lowest BCUT2D eigenvalue weighted by Gasteiger charge is -2.42. The van der Waals surface area contributed by atoms with Gasteiger partial charge in [0.05, 0.1) is 0 Å². The summed E-state index contributed by atoms with van der Waals surface area (Å²) in [5.74, 6) is 0. The van der Waals surface area contributed by atoms with E-state index in [4.69, 9.17) is 0 Å². The van der Waals surface area contributed by atoms with E-state index in [1.807, 2.05) is 0 Å². The maximum atomic E-state index is 13.5. The zero-order valence-corrected chi connectivity index (χ0v) is 24.5. The van der Waals surface area contributed by atoms with Gasteiger partial charge in [-0.15, -0.1) is 0 Å². The summed E-state index contributed by atoms with van der Waals surface area (Å²) in [6.45, 7) is 3.75. The maximum Gasteiger partial charge on any atom is 0.317 e. The first kappa shape index (κ1) is 27.1. The average molecular weight is 537 g/mol. The Morgan fingerprint density at radius 1 is 0.784 bits per heavy atom. The normalized spacial score (nSPS) is 23.6. The van der Waals surface area contributed by atoms with E-state index in [1.165, 1.54) is 81.2 Å². The minimum absolute atomic E-state index is 0.0334. The Hall–Kier alpha value is -1.43. The molecule has 5 heteroatoms. The molecule has 3 fully saturated rings. The second-order valence-corrected chi connectivity index (χ2v) is 16.7. The van der Waals surface area contributed by atoms with E-state index in [1.54, 1.807) is 0 Å². The van der Waals surface area contributed by atoms with E-state index >= 15 is 0 Å². The Bertz CT molecular complexity index is 902. The number of nitrogens with one attached hydrogen (secondary N) is 1. The quantitative estimate of drug-likeness (QED) is 0.350. The van der Waals surface area contributed by atoms with Crippen LogP contribution in [0.1, 0.15) is 77.6 Å². The monoisotopic (exact) mass is 536 g/mol. The van der Waals surface area contributed by atoms with Crippen LogP contribution in [-0.2, 0) is 0 Å². The van der Waals surface area contributed by atoms with E-state index < -0.39 is 7.92 Å². The van der Waals surface area contributed by atoms with Crippen LogP contribution in [0.5, 0.6) is 0 Å². The van der Waals surface area contributed by atoms with Crippen LogP contribution in [0.4, 0.5) is 4.79 Å². The summed E-state index contributed by atoms with van der Waals surface area (Å²) in [6, 6.07) is 22.7. The van der Waals surface area contributed by atoms with Crippen molar-refractivity contribution < 1.29 is 4.79 Å². The van der Waals surface area contributed by atoms with Gasteiger partial charge in [-0.1, -0.05) is 107 Å². The average Bonchev–Trinajstić information content (AvgIpc) is 3.37. The smallest absolute Gasteiger partial charge is 0.317 e. The predicted molar refractivity (Wildman–Crippen MR) is 163 cm³/mol. The molecule has 37 heavy (non-hydrogen) atoms. The van der Waals surface area contributed by atoms with Gasteiger partial charge in [0.15, 0.2) is 0 Å². The third-order valence-corrected chi connectivity index (χ3v) is 15.5. The number of urea groups is 1. The molecule has 0 bridgehead atoms. The Balaban J connectivity index is 1.43. The van der Waals surface area contributed by atoms with Crippen molar-refractivity contribution in [3.05, 3.63) is 60.7 Å². The lowest BCUT2D eigenvalue weighted by Crippen LogP contribution is -2.44. The third kappa shape index (κ3) is 6.78. The number of hydrogen-bond acceptors (Lipinski definition) is 1. The number of rotatable bonds is 8. The first-order valence-corrected chi connectivity index (χ1v) is 18.0. The number of carbonyl (C=O) groups is 1. The lowest BCUT2D eigenvalue weighted by atomic mass is 9.99. The molecule has 1 heterocycles. The lowest BCUT2D eigenvalue weighted by molar-refractivity contribution is 0.197. The standard InChI is InChI=1S/C32H46N2OP2/c1-2-33-32(35)34-24-31(37(29-19-11-5-12-20-29)30-21-13-6-14-22-30)23-26(34)25-36(27-15-7-3-8-16-27)28-17-9-4-10-18-28/h3-4,7-10,15-18,26,29-31H,2,5-6,11-14,19-25H2,1H3,(H,33,35)/t26-,31-/m1/s1.